The molecule has 8 heteroatoms. The van der Waals surface area contributed by atoms with Crippen LogP contribution in [-0.2, 0) is 25.4 Å². The van der Waals surface area contributed by atoms with Crippen molar-refractivity contribution in [1.29, 1.82) is 0 Å². The molecule has 4 aliphatic rings. The molecular weight excluding hydrogens is 480 g/mol. The molecule has 4 fully saturated rings. The summed E-state index contributed by atoms with van der Waals surface area (Å²) in [6.07, 6.45) is 17.0. The number of pyridine rings is 2. The number of aromatic nitrogens is 2. The van der Waals surface area contributed by atoms with Gasteiger partial charge in [0.15, 0.2) is 11.6 Å². The summed E-state index contributed by atoms with van der Waals surface area (Å²) in [5.41, 5.74) is 13.4. The minimum atomic E-state index is -0.352. The fourth-order valence-corrected chi connectivity index (χ4v) is 5.76. The summed E-state index contributed by atoms with van der Waals surface area (Å²) < 4.78 is 24.0. The smallest absolute Gasteiger partial charge is 0.170 e. The summed E-state index contributed by atoms with van der Waals surface area (Å²) in [7, 11) is 0. The molecule has 4 N–H and O–H groups in total. The van der Waals surface area contributed by atoms with E-state index in [0.29, 0.717) is 18.2 Å². The van der Waals surface area contributed by atoms with Crippen molar-refractivity contribution in [2.75, 3.05) is 24.7 Å². The van der Waals surface area contributed by atoms with Crippen LogP contribution in [0.15, 0.2) is 36.7 Å². The highest BCUT2D eigenvalue weighted by molar-refractivity contribution is 5.42. The van der Waals surface area contributed by atoms with E-state index in [9.17, 15) is 0 Å². The van der Waals surface area contributed by atoms with Gasteiger partial charge < -0.3 is 30.4 Å². The second-order valence-electron chi connectivity index (χ2n) is 10.8. The molecule has 0 amide bonds. The van der Waals surface area contributed by atoms with Crippen LogP contribution in [0.1, 0.15) is 81.8 Å². The van der Waals surface area contributed by atoms with E-state index in [1.54, 1.807) is 18.5 Å². The summed E-state index contributed by atoms with van der Waals surface area (Å²) in [5, 5.41) is 0. The van der Waals surface area contributed by atoms with Crippen LogP contribution in [0.3, 0.4) is 0 Å². The van der Waals surface area contributed by atoms with E-state index in [4.69, 9.17) is 30.4 Å². The Morgan fingerprint density at radius 3 is 2.11 bits per heavy atom. The van der Waals surface area contributed by atoms with E-state index in [-0.39, 0.29) is 23.8 Å². The average molecular weight is 521 g/mol. The van der Waals surface area contributed by atoms with Crippen molar-refractivity contribution < 1.29 is 18.9 Å². The van der Waals surface area contributed by atoms with Gasteiger partial charge in [-0.2, -0.15) is 0 Å². The maximum Gasteiger partial charge on any atom is 0.170 e. The van der Waals surface area contributed by atoms with Gasteiger partial charge in [-0.1, -0.05) is 24.7 Å². The first kappa shape index (κ1) is 26.9. The van der Waals surface area contributed by atoms with Crippen LogP contribution >= 0.6 is 0 Å². The predicted octanol–water partition coefficient (Wildman–Crippen LogP) is 4.76. The van der Waals surface area contributed by atoms with Crippen molar-refractivity contribution in [3.8, 4) is 11.8 Å². The Bertz CT molecular complexity index is 1120. The Morgan fingerprint density at radius 1 is 0.789 bits per heavy atom. The standard InChI is InChI=1S/C15H22N2O2.C15H18N2O2/c2*16-14-10-12(6-9-17-14)4-5-13-11-18-15(19-13)7-2-1-3-8-15/h6,9-10,13H,1-5,7-8,11H2,(H2,16,17);6,9-10,13H,1-3,7-8,11H2,(H2,16,17)/t2*13-/m00/s1. The summed E-state index contributed by atoms with van der Waals surface area (Å²) in [5.74, 6) is 6.66. The van der Waals surface area contributed by atoms with Gasteiger partial charge in [0.1, 0.15) is 17.7 Å². The highest BCUT2D eigenvalue weighted by Gasteiger charge is 2.42. The van der Waals surface area contributed by atoms with Gasteiger partial charge in [-0.05, 0) is 68.4 Å². The van der Waals surface area contributed by atoms with Crippen molar-refractivity contribution in [3.05, 3.63) is 47.8 Å². The van der Waals surface area contributed by atoms with Gasteiger partial charge in [0.25, 0.3) is 0 Å². The van der Waals surface area contributed by atoms with Crippen LogP contribution in [0.5, 0.6) is 0 Å². The van der Waals surface area contributed by atoms with Crippen LogP contribution < -0.4 is 11.5 Å². The number of nitrogen functional groups attached to an aromatic ring is 2. The van der Waals surface area contributed by atoms with Crippen molar-refractivity contribution in [2.45, 2.75) is 101 Å². The van der Waals surface area contributed by atoms with E-state index in [1.165, 1.54) is 44.1 Å². The Hall–Kier alpha value is -2.70. The van der Waals surface area contributed by atoms with E-state index in [2.05, 4.69) is 21.8 Å². The zero-order valence-corrected chi connectivity index (χ0v) is 22.2. The zero-order chi connectivity index (χ0) is 26.3. The Balaban J connectivity index is 0.000000155. The third-order valence-corrected chi connectivity index (χ3v) is 7.76. The molecule has 4 heterocycles. The van der Waals surface area contributed by atoms with E-state index in [1.807, 2.05) is 18.2 Å². The molecule has 0 bridgehead atoms. The largest absolute Gasteiger partial charge is 0.384 e. The lowest BCUT2D eigenvalue weighted by Crippen LogP contribution is -2.33. The first-order chi connectivity index (χ1) is 18.5. The number of aryl methyl sites for hydroxylation is 1. The monoisotopic (exact) mass is 520 g/mol. The third-order valence-electron chi connectivity index (χ3n) is 7.76. The molecule has 2 aromatic heterocycles. The fourth-order valence-electron chi connectivity index (χ4n) is 5.76. The lowest BCUT2D eigenvalue weighted by atomic mass is 9.94. The molecule has 6 rings (SSSR count). The second-order valence-corrected chi connectivity index (χ2v) is 10.8. The molecule has 8 nitrogen and oxygen atoms in total. The number of ether oxygens (including phenoxy) is 4. The molecule has 2 aliphatic heterocycles. The first-order valence-electron chi connectivity index (χ1n) is 14.1. The molecule has 0 radical (unpaired) electrons. The molecule has 2 saturated carbocycles. The lowest BCUT2D eigenvalue weighted by Gasteiger charge is -2.31. The number of hydrogen-bond donors (Lipinski definition) is 2. The number of rotatable bonds is 3. The van der Waals surface area contributed by atoms with Gasteiger partial charge in [0.2, 0.25) is 0 Å². The molecule has 2 atom stereocenters. The molecule has 2 aromatic rings. The lowest BCUT2D eigenvalue weighted by molar-refractivity contribution is -0.187. The van der Waals surface area contributed by atoms with Gasteiger partial charge in [0.05, 0.1) is 19.3 Å². The first-order valence-corrected chi connectivity index (χ1v) is 14.1. The van der Waals surface area contributed by atoms with E-state index < -0.39 is 0 Å². The zero-order valence-electron chi connectivity index (χ0n) is 22.2. The molecule has 0 aromatic carbocycles. The van der Waals surface area contributed by atoms with Gasteiger partial charge in [-0.3, -0.25) is 0 Å². The predicted molar refractivity (Wildman–Crippen MR) is 146 cm³/mol. The van der Waals surface area contributed by atoms with Gasteiger partial charge in [0, 0.05) is 43.6 Å². The van der Waals surface area contributed by atoms with Crippen LogP contribution in [0.2, 0.25) is 0 Å². The van der Waals surface area contributed by atoms with Crippen LogP contribution in [-0.4, -0.2) is 47.0 Å². The van der Waals surface area contributed by atoms with Gasteiger partial charge in [-0.15, -0.1) is 0 Å². The molecular formula is C30H40N4O4. The van der Waals surface area contributed by atoms with Crippen molar-refractivity contribution >= 4 is 11.6 Å². The average Bonchev–Trinajstić information content (AvgIpc) is 3.51. The van der Waals surface area contributed by atoms with Gasteiger partial charge >= 0.3 is 0 Å². The van der Waals surface area contributed by atoms with Crippen LogP contribution in [0.25, 0.3) is 0 Å². The van der Waals surface area contributed by atoms with Crippen LogP contribution in [0, 0.1) is 11.8 Å². The number of hydrogen-bond acceptors (Lipinski definition) is 8. The molecule has 2 saturated heterocycles. The number of nitrogens with two attached hydrogens (primary N) is 2. The maximum atomic E-state index is 6.17. The Labute approximate surface area is 225 Å². The second kappa shape index (κ2) is 12.4. The maximum absolute atomic E-state index is 6.17. The van der Waals surface area contributed by atoms with Crippen molar-refractivity contribution in [2.24, 2.45) is 0 Å². The Kier molecular flexibility index (Phi) is 8.80. The van der Waals surface area contributed by atoms with Crippen LogP contribution in [0.4, 0.5) is 11.6 Å². The molecule has 2 aliphatic carbocycles. The highest BCUT2D eigenvalue weighted by Crippen LogP contribution is 2.39. The number of nitrogens with zero attached hydrogens (tertiary/aromatic N) is 2. The molecule has 38 heavy (non-hydrogen) atoms. The quantitative estimate of drug-likeness (QED) is 0.557. The van der Waals surface area contributed by atoms with E-state index in [0.717, 1.165) is 50.7 Å². The minimum absolute atomic E-state index is 0.132. The highest BCUT2D eigenvalue weighted by atomic mass is 16.7. The molecule has 0 unspecified atom stereocenters. The molecule has 204 valence electrons. The minimum Gasteiger partial charge on any atom is -0.384 e. The SMILES string of the molecule is Nc1cc(C#C[C@H]2COC3(CCCCC3)O2)ccn1.Nc1cc(CC[C@H]2COC3(CCCCC3)O2)ccn1. The fraction of sp³-hybridized carbons (Fsp3) is 0.600. The normalized spacial score (nSPS) is 25.4. The third kappa shape index (κ3) is 7.23. The van der Waals surface area contributed by atoms with Gasteiger partial charge in [-0.25, -0.2) is 9.97 Å². The van der Waals surface area contributed by atoms with Crippen molar-refractivity contribution in [1.82, 2.24) is 9.97 Å². The summed E-state index contributed by atoms with van der Waals surface area (Å²) in [6, 6.07) is 7.56. The summed E-state index contributed by atoms with van der Waals surface area (Å²) in [4.78, 5) is 7.95. The summed E-state index contributed by atoms with van der Waals surface area (Å²) >= 11 is 0. The Morgan fingerprint density at radius 2 is 1.42 bits per heavy atom. The number of anilines is 2. The molecule has 2 spiro atoms. The topological polar surface area (TPSA) is 115 Å². The summed E-state index contributed by atoms with van der Waals surface area (Å²) in [6.45, 7) is 1.30. The van der Waals surface area contributed by atoms with Crippen molar-refractivity contribution in [3.63, 3.8) is 0 Å². The van der Waals surface area contributed by atoms with E-state index >= 15 is 0 Å².